The third-order valence-electron chi connectivity index (χ3n) is 4.93. The second-order valence-corrected chi connectivity index (χ2v) is 7.63. The zero-order valence-corrected chi connectivity index (χ0v) is 17.8. The second kappa shape index (κ2) is 9.10. The van der Waals surface area contributed by atoms with Crippen LogP contribution in [0.25, 0.3) is 27.9 Å². The van der Waals surface area contributed by atoms with Crippen molar-refractivity contribution in [1.82, 2.24) is 19.9 Å². The van der Waals surface area contributed by atoms with Crippen LogP contribution in [0.2, 0.25) is 5.02 Å². The molecule has 0 saturated heterocycles. The summed E-state index contributed by atoms with van der Waals surface area (Å²) in [4.78, 5) is 38.7. The highest BCUT2D eigenvalue weighted by molar-refractivity contribution is 6.31. The Morgan fingerprint density at radius 2 is 2.03 bits per heavy atom. The van der Waals surface area contributed by atoms with E-state index in [0.29, 0.717) is 28.3 Å². The topological polar surface area (TPSA) is 79.0 Å². The van der Waals surface area contributed by atoms with Gasteiger partial charge < -0.3 is 9.88 Å². The standard InChI is InChI=1S/C24H21ClN4O2/c1-2-13-29(15-21-27-20-14-18(25)9-10-19(20)24(31)28-21)22(30)11-8-17-6-3-5-16-7-4-12-26-23(16)17/h3-12,14H,2,13,15H2,1H3,(H,27,28,31)/b11-8+. The van der Waals surface area contributed by atoms with Gasteiger partial charge in [-0.05, 0) is 36.8 Å². The van der Waals surface area contributed by atoms with E-state index in [-0.39, 0.29) is 18.0 Å². The molecule has 0 bridgehead atoms. The highest BCUT2D eigenvalue weighted by atomic mass is 35.5. The SMILES string of the molecule is CCCN(Cc1nc2cc(Cl)ccc2c(=O)[nH]1)C(=O)/C=C/c1cccc2cccnc12. The molecular weight excluding hydrogens is 412 g/mol. The number of aromatic amines is 1. The highest BCUT2D eigenvalue weighted by Crippen LogP contribution is 2.18. The van der Waals surface area contributed by atoms with Crippen LogP contribution >= 0.6 is 11.6 Å². The van der Waals surface area contributed by atoms with Crippen molar-refractivity contribution >= 4 is 45.4 Å². The molecule has 0 unspecified atom stereocenters. The lowest BCUT2D eigenvalue weighted by Crippen LogP contribution is -2.31. The van der Waals surface area contributed by atoms with Gasteiger partial charge in [-0.3, -0.25) is 14.6 Å². The Bertz CT molecular complexity index is 1340. The predicted octanol–water partition coefficient (Wildman–Crippen LogP) is 4.58. The van der Waals surface area contributed by atoms with Crippen molar-refractivity contribution < 1.29 is 4.79 Å². The molecular formula is C24H21ClN4O2. The molecule has 0 spiro atoms. The number of amides is 1. The average Bonchev–Trinajstić information content (AvgIpc) is 2.77. The first kappa shape index (κ1) is 20.8. The van der Waals surface area contributed by atoms with E-state index in [9.17, 15) is 9.59 Å². The van der Waals surface area contributed by atoms with Gasteiger partial charge >= 0.3 is 0 Å². The van der Waals surface area contributed by atoms with E-state index in [0.717, 1.165) is 22.9 Å². The number of aromatic nitrogens is 3. The third kappa shape index (κ3) is 4.64. The summed E-state index contributed by atoms with van der Waals surface area (Å²) in [7, 11) is 0. The first-order valence-electron chi connectivity index (χ1n) is 10.0. The number of para-hydroxylation sites is 1. The number of hydrogen-bond donors (Lipinski definition) is 1. The molecule has 2 heterocycles. The molecule has 4 rings (SSSR count). The number of rotatable bonds is 6. The minimum Gasteiger partial charge on any atom is -0.332 e. The lowest BCUT2D eigenvalue weighted by molar-refractivity contribution is -0.126. The molecule has 0 atom stereocenters. The Hall–Kier alpha value is -3.51. The monoisotopic (exact) mass is 432 g/mol. The normalized spacial score (nSPS) is 11.4. The number of pyridine rings is 1. The number of H-pyrrole nitrogens is 1. The number of hydrogen-bond acceptors (Lipinski definition) is 4. The summed E-state index contributed by atoms with van der Waals surface area (Å²) in [6, 6.07) is 14.7. The maximum Gasteiger partial charge on any atom is 0.258 e. The van der Waals surface area contributed by atoms with Crippen molar-refractivity contribution in [3.8, 4) is 0 Å². The summed E-state index contributed by atoms with van der Waals surface area (Å²) in [5.41, 5.74) is 1.97. The van der Waals surface area contributed by atoms with Crippen molar-refractivity contribution in [2.75, 3.05) is 6.54 Å². The van der Waals surface area contributed by atoms with Gasteiger partial charge in [-0.15, -0.1) is 0 Å². The number of carbonyl (C=O) groups excluding carboxylic acids is 1. The summed E-state index contributed by atoms with van der Waals surface area (Å²) in [5, 5.41) is 1.98. The number of fused-ring (bicyclic) bond motifs is 2. The zero-order valence-electron chi connectivity index (χ0n) is 17.0. The molecule has 0 aliphatic rings. The summed E-state index contributed by atoms with van der Waals surface area (Å²) < 4.78 is 0. The van der Waals surface area contributed by atoms with Crippen LogP contribution in [0.1, 0.15) is 24.7 Å². The van der Waals surface area contributed by atoms with Crippen LogP contribution in [0.15, 0.2) is 65.6 Å². The molecule has 2 aromatic carbocycles. The molecule has 0 aliphatic carbocycles. The number of nitrogens with one attached hydrogen (secondary N) is 1. The summed E-state index contributed by atoms with van der Waals surface area (Å²) in [5.74, 6) is 0.255. The van der Waals surface area contributed by atoms with Crippen LogP contribution in [0.4, 0.5) is 0 Å². The Kier molecular flexibility index (Phi) is 6.09. The molecule has 0 radical (unpaired) electrons. The van der Waals surface area contributed by atoms with E-state index in [1.54, 1.807) is 35.4 Å². The molecule has 6 nitrogen and oxygen atoms in total. The molecule has 4 aromatic rings. The molecule has 1 amide bonds. The van der Waals surface area contributed by atoms with Gasteiger partial charge in [-0.1, -0.05) is 42.8 Å². The minimum atomic E-state index is -0.252. The summed E-state index contributed by atoms with van der Waals surface area (Å²) in [6.07, 6.45) is 5.82. The van der Waals surface area contributed by atoms with E-state index in [4.69, 9.17) is 11.6 Å². The van der Waals surface area contributed by atoms with E-state index < -0.39 is 0 Å². The van der Waals surface area contributed by atoms with Gasteiger partial charge in [0.15, 0.2) is 0 Å². The Morgan fingerprint density at radius 3 is 2.87 bits per heavy atom. The summed E-state index contributed by atoms with van der Waals surface area (Å²) >= 11 is 6.04. The van der Waals surface area contributed by atoms with Gasteiger partial charge in [0, 0.05) is 34.8 Å². The Morgan fingerprint density at radius 1 is 1.19 bits per heavy atom. The van der Waals surface area contributed by atoms with Crippen molar-refractivity contribution in [1.29, 1.82) is 0 Å². The Balaban J connectivity index is 1.60. The van der Waals surface area contributed by atoms with Crippen molar-refractivity contribution in [3.05, 3.63) is 87.6 Å². The van der Waals surface area contributed by atoms with Gasteiger partial charge in [0.2, 0.25) is 5.91 Å². The fourth-order valence-corrected chi connectivity index (χ4v) is 3.65. The van der Waals surface area contributed by atoms with Crippen molar-refractivity contribution in [3.63, 3.8) is 0 Å². The molecule has 156 valence electrons. The van der Waals surface area contributed by atoms with Crippen LogP contribution in [0.3, 0.4) is 0 Å². The van der Waals surface area contributed by atoms with Crippen molar-refractivity contribution in [2.45, 2.75) is 19.9 Å². The van der Waals surface area contributed by atoms with E-state index in [1.165, 1.54) is 6.08 Å². The van der Waals surface area contributed by atoms with Crippen LogP contribution < -0.4 is 5.56 Å². The number of carbonyl (C=O) groups is 1. The van der Waals surface area contributed by atoms with Gasteiger partial charge in [0.05, 0.1) is 23.0 Å². The van der Waals surface area contributed by atoms with Crippen molar-refractivity contribution in [2.24, 2.45) is 0 Å². The van der Waals surface area contributed by atoms with E-state index in [1.807, 2.05) is 37.3 Å². The number of nitrogens with zero attached hydrogens (tertiary/aromatic N) is 3. The van der Waals surface area contributed by atoms with Crippen LogP contribution in [0, 0.1) is 0 Å². The molecule has 1 N–H and O–H groups in total. The molecule has 2 aromatic heterocycles. The fraction of sp³-hybridized carbons (Fsp3) is 0.167. The van der Waals surface area contributed by atoms with Crippen LogP contribution in [0.5, 0.6) is 0 Å². The lowest BCUT2D eigenvalue weighted by Gasteiger charge is -2.20. The maximum absolute atomic E-state index is 12.9. The average molecular weight is 433 g/mol. The van der Waals surface area contributed by atoms with Gasteiger partial charge in [-0.2, -0.15) is 0 Å². The van der Waals surface area contributed by atoms with Crippen LogP contribution in [-0.4, -0.2) is 32.3 Å². The lowest BCUT2D eigenvalue weighted by atomic mass is 10.1. The first-order chi connectivity index (χ1) is 15.0. The molecule has 31 heavy (non-hydrogen) atoms. The third-order valence-corrected chi connectivity index (χ3v) is 5.17. The Labute approximate surface area is 184 Å². The van der Waals surface area contributed by atoms with Gasteiger partial charge in [0.25, 0.3) is 5.56 Å². The summed E-state index contributed by atoms with van der Waals surface area (Å²) in [6.45, 7) is 2.73. The minimum absolute atomic E-state index is 0.163. The highest BCUT2D eigenvalue weighted by Gasteiger charge is 2.13. The quantitative estimate of drug-likeness (QED) is 0.452. The smallest absolute Gasteiger partial charge is 0.258 e. The first-order valence-corrected chi connectivity index (χ1v) is 10.4. The van der Waals surface area contributed by atoms with Gasteiger partial charge in [-0.25, -0.2) is 4.98 Å². The van der Waals surface area contributed by atoms with Crippen LogP contribution in [-0.2, 0) is 11.3 Å². The molecule has 0 saturated carbocycles. The molecule has 0 fully saturated rings. The van der Waals surface area contributed by atoms with E-state index >= 15 is 0 Å². The second-order valence-electron chi connectivity index (χ2n) is 7.19. The molecule has 0 aliphatic heterocycles. The van der Waals surface area contributed by atoms with E-state index in [2.05, 4.69) is 15.0 Å². The molecule has 7 heteroatoms. The predicted molar refractivity (Wildman–Crippen MR) is 124 cm³/mol. The fourth-order valence-electron chi connectivity index (χ4n) is 3.48. The van der Waals surface area contributed by atoms with Gasteiger partial charge in [0.1, 0.15) is 5.82 Å². The number of benzene rings is 2. The largest absolute Gasteiger partial charge is 0.332 e. The maximum atomic E-state index is 12.9. The number of halogens is 1. The zero-order chi connectivity index (χ0) is 21.8.